The lowest BCUT2D eigenvalue weighted by molar-refractivity contribution is -0.199. The zero-order valence-electron chi connectivity index (χ0n) is 24.1. The molecule has 7 nitrogen and oxygen atoms in total. The second-order valence-corrected chi connectivity index (χ2v) is 13.0. The quantitative estimate of drug-likeness (QED) is 0.442. The van der Waals surface area contributed by atoms with Gasteiger partial charge in [0.1, 0.15) is 0 Å². The number of nitrogens with zero attached hydrogens (tertiary/aromatic N) is 1. The number of aryl methyl sites for hydroxylation is 1. The van der Waals surface area contributed by atoms with Crippen LogP contribution < -0.4 is 10.6 Å². The third kappa shape index (κ3) is 5.51. The first-order chi connectivity index (χ1) is 18.5. The molecule has 3 saturated carbocycles. The SMILES string of the molecule is Cc1ccc(C(CC(=O)N[C@@H](CC(C)C)B2O[C@@H]3C[C@H]4C[C@H](C4(C)C)[C@]3(C)O2)NC(=O)c2cccnc2)cc1. The lowest BCUT2D eigenvalue weighted by Gasteiger charge is -2.64. The van der Waals surface area contributed by atoms with Gasteiger partial charge in [0.2, 0.25) is 5.91 Å². The Kier molecular flexibility index (Phi) is 7.64. The second-order valence-electron chi connectivity index (χ2n) is 13.0. The van der Waals surface area contributed by atoms with E-state index < -0.39 is 13.2 Å². The fourth-order valence-electron chi connectivity index (χ4n) is 7.06. The largest absolute Gasteiger partial charge is 0.481 e. The first kappa shape index (κ1) is 27.8. The molecule has 1 aromatic heterocycles. The molecule has 1 unspecified atom stereocenters. The van der Waals surface area contributed by atoms with Crippen LogP contribution in [0.25, 0.3) is 0 Å². The third-order valence-corrected chi connectivity index (χ3v) is 9.47. The van der Waals surface area contributed by atoms with Crippen LogP contribution in [0.5, 0.6) is 0 Å². The van der Waals surface area contributed by atoms with Crippen molar-refractivity contribution in [1.82, 2.24) is 15.6 Å². The van der Waals surface area contributed by atoms with Crippen molar-refractivity contribution < 1.29 is 18.9 Å². The molecule has 0 spiro atoms. The van der Waals surface area contributed by atoms with Crippen LogP contribution in [-0.4, -0.2) is 41.6 Å². The van der Waals surface area contributed by atoms with E-state index in [1.165, 1.54) is 12.6 Å². The Morgan fingerprint density at radius 3 is 2.49 bits per heavy atom. The number of rotatable bonds is 9. The van der Waals surface area contributed by atoms with Gasteiger partial charge in [-0.25, -0.2) is 0 Å². The topological polar surface area (TPSA) is 89.5 Å². The second kappa shape index (κ2) is 10.7. The van der Waals surface area contributed by atoms with Gasteiger partial charge in [-0.15, -0.1) is 0 Å². The summed E-state index contributed by atoms with van der Waals surface area (Å²) in [5.74, 6) is 0.799. The molecule has 2 aromatic rings. The summed E-state index contributed by atoms with van der Waals surface area (Å²) in [4.78, 5) is 30.6. The molecular weight excluding hydrogens is 489 g/mol. The summed E-state index contributed by atoms with van der Waals surface area (Å²) in [6.45, 7) is 13.2. The van der Waals surface area contributed by atoms with Crippen molar-refractivity contribution in [2.45, 2.75) is 90.9 Å². The average molecular weight is 532 g/mol. The minimum atomic E-state index is -0.489. The average Bonchev–Trinajstić information content (AvgIpc) is 3.26. The maximum absolute atomic E-state index is 13.5. The van der Waals surface area contributed by atoms with E-state index in [4.69, 9.17) is 9.31 Å². The van der Waals surface area contributed by atoms with Crippen molar-refractivity contribution in [3.8, 4) is 0 Å². The molecule has 4 aliphatic rings. The van der Waals surface area contributed by atoms with E-state index >= 15 is 0 Å². The van der Waals surface area contributed by atoms with E-state index in [0.717, 1.165) is 24.0 Å². The number of carbonyl (C=O) groups is 2. The highest BCUT2D eigenvalue weighted by Crippen LogP contribution is 2.65. The van der Waals surface area contributed by atoms with Crippen LogP contribution in [0.3, 0.4) is 0 Å². The summed E-state index contributed by atoms with van der Waals surface area (Å²) in [6, 6.07) is 10.9. The van der Waals surface area contributed by atoms with E-state index in [-0.39, 0.29) is 41.3 Å². The van der Waals surface area contributed by atoms with Gasteiger partial charge < -0.3 is 19.9 Å². The molecule has 2 heterocycles. The molecular formula is C31H42BN3O4. The molecule has 1 saturated heterocycles. The zero-order valence-corrected chi connectivity index (χ0v) is 24.1. The van der Waals surface area contributed by atoms with Gasteiger partial charge in [0.05, 0.1) is 35.7 Å². The van der Waals surface area contributed by atoms with Gasteiger partial charge >= 0.3 is 7.12 Å². The molecule has 6 rings (SSSR count). The normalized spacial score (nSPS) is 28.3. The van der Waals surface area contributed by atoms with Gasteiger partial charge in [0.15, 0.2) is 0 Å². The maximum Gasteiger partial charge on any atom is 0.481 e. The Morgan fingerprint density at radius 1 is 1.10 bits per heavy atom. The van der Waals surface area contributed by atoms with Crippen LogP contribution in [0.1, 0.15) is 87.8 Å². The predicted molar refractivity (Wildman–Crippen MR) is 152 cm³/mol. The molecule has 1 aliphatic heterocycles. The molecule has 6 atom stereocenters. The van der Waals surface area contributed by atoms with Gasteiger partial charge in [-0.1, -0.05) is 57.5 Å². The Morgan fingerprint density at radius 2 is 1.85 bits per heavy atom. The number of aromatic nitrogens is 1. The Labute approximate surface area is 233 Å². The van der Waals surface area contributed by atoms with Crippen molar-refractivity contribution in [3.63, 3.8) is 0 Å². The van der Waals surface area contributed by atoms with Crippen molar-refractivity contribution >= 4 is 18.9 Å². The maximum atomic E-state index is 13.5. The highest BCUT2D eigenvalue weighted by Gasteiger charge is 2.68. The number of pyridine rings is 1. The number of benzene rings is 1. The van der Waals surface area contributed by atoms with Crippen LogP contribution >= 0.6 is 0 Å². The number of nitrogens with one attached hydrogen (secondary N) is 2. The van der Waals surface area contributed by atoms with E-state index in [2.05, 4.69) is 50.2 Å². The minimum Gasteiger partial charge on any atom is -0.404 e. The molecule has 39 heavy (non-hydrogen) atoms. The highest BCUT2D eigenvalue weighted by atomic mass is 16.7. The van der Waals surface area contributed by atoms with Gasteiger partial charge in [0.25, 0.3) is 5.91 Å². The smallest absolute Gasteiger partial charge is 0.404 e. The van der Waals surface area contributed by atoms with Crippen LogP contribution in [0.15, 0.2) is 48.8 Å². The van der Waals surface area contributed by atoms with Crippen molar-refractivity contribution in [3.05, 3.63) is 65.5 Å². The van der Waals surface area contributed by atoms with Gasteiger partial charge in [0, 0.05) is 12.4 Å². The van der Waals surface area contributed by atoms with Crippen LogP contribution in [0, 0.1) is 30.1 Å². The van der Waals surface area contributed by atoms with Crippen molar-refractivity contribution in [1.29, 1.82) is 0 Å². The summed E-state index contributed by atoms with van der Waals surface area (Å²) in [6.07, 6.45) is 6.26. The van der Waals surface area contributed by atoms with Gasteiger partial charge in [-0.3, -0.25) is 14.6 Å². The van der Waals surface area contributed by atoms with Crippen LogP contribution in [0.2, 0.25) is 0 Å². The Hall–Kier alpha value is -2.71. The molecule has 0 radical (unpaired) electrons. The highest BCUT2D eigenvalue weighted by molar-refractivity contribution is 6.47. The summed E-state index contributed by atoms with van der Waals surface area (Å²) < 4.78 is 13.3. The molecule has 8 heteroatoms. The summed E-state index contributed by atoms with van der Waals surface area (Å²) in [5.41, 5.74) is 2.38. The fourth-order valence-corrected chi connectivity index (χ4v) is 7.06. The Balaban J connectivity index is 1.30. The number of amides is 2. The molecule has 3 aliphatic carbocycles. The molecule has 1 aromatic carbocycles. The predicted octanol–water partition coefficient (Wildman–Crippen LogP) is 5.05. The van der Waals surface area contributed by atoms with Crippen LogP contribution in [0.4, 0.5) is 0 Å². The monoisotopic (exact) mass is 531 g/mol. The van der Waals surface area contributed by atoms with Crippen LogP contribution in [-0.2, 0) is 14.1 Å². The van der Waals surface area contributed by atoms with Crippen molar-refractivity contribution in [2.24, 2.45) is 23.2 Å². The first-order valence-electron chi connectivity index (χ1n) is 14.4. The number of hydrogen-bond acceptors (Lipinski definition) is 5. The van der Waals surface area contributed by atoms with Gasteiger partial charge in [-0.2, -0.15) is 0 Å². The summed E-state index contributed by atoms with van der Waals surface area (Å²) >= 11 is 0. The number of hydrogen-bond donors (Lipinski definition) is 2. The van der Waals surface area contributed by atoms with E-state index in [1.807, 2.05) is 31.2 Å². The molecule has 2 amide bonds. The van der Waals surface area contributed by atoms with E-state index in [9.17, 15) is 9.59 Å². The van der Waals surface area contributed by atoms with Crippen molar-refractivity contribution in [2.75, 3.05) is 0 Å². The molecule has 2 N–H and O–H groups in total. The first-order valence-corrected chi connectivity index (χ1v) is 14.4. The zero-order chi connectivity index (χ0) is 27.9. The standard InChI is InChI=1S/C31H42BN3O4/c1-19(2)14-27(32-38-26-16-23-15-25(30(23,4)5)31(26,6)39-32)35-28(36)17-24(21-11-9-20(3)10-12-21)34-29(37)22-8-7-13-33-18-22/h7-13,18-19,23-27H,14-17H2,1-6H3,(H,34,37)(H,35,36)/t23-,24?,25-,26-,27+,31+/m1/s1. The molecule has 2 bridgehead atoms. The lowest BCUT2D eigenvalue weighted by Crippen LogP contribution is -2.65. The van der Waals surface area contributed by atoms with Gasteiger partial charge in [-0.05, 0) is 74.0 Å². The fraction of sp³-hybridized carbons (Fsp3) is 0.581. The number of carbonyl (C=O) groups excluding carboxylic acids is 2. The van der Waals surface area contributed by atoms with E-state index in [0.29, 0.717) is 23.3 Å². The molecule has 4 fully saturated rings. The molecule has 208 valence electrons. The lowest BCUT2D eigenvalue weighted by atomic mass is 9.43. The summed E-state index contributed by atoms with van der Waals surface area (Å²) in [7, 11) is -0.482. The third-order valence-electron chi connectivity index (χ3n) is 9.47. The summed E-state index contributed by atoms with van der Waals surface area (Å²) in [5, 5.41) is 6.29. The Bertz CT molecular complexity index is 1190. The minimum absolute atomic E-state index is 0.0601. The van der Waals surface area contributed by atoms with E-state index in [1.54, 1.807) is 18.3 Å².